The van der Waals surface area contributed by atoms with Crippen molar-refractivity contribution in [1.29, 1.82) is 10.5 Å². The Hall–Kier alpha value is -4.34. The number of nitriles is 2. The van der Waals surface area contributed by atoms with Crippen molar-refractivity contribution in [3.05, 3.63) is 76.3 Å². The third-order valence-corrected chi connectivity index (χ3v) is 6.05. The maximum Gasteiger partial charge on any atom is 0.141 e. The average molecular weight is 475 g/mol. The SMILES string of the molecule is CC(C)(O)C#CCc1ccc2c(c1)c1cc(Cl)ccc1c1nc(-c3c(C#N)cccc3C#N)[nH]c21. The minimum absolute atomic E-state index is 0.382. The Morgan fingerprint density at radius 3 is 2.31 bits per heavy atom. The lowest BCUT2D eigenvalue weighted by atomic mass is 9.97. The van der Waals surface area contributed by atoms with Gasteiger partial charge in [0.15, 0.2) is 0 Å². The quantitative estimate of drug-likeness (QED) is 0.233. The van der Waals surface area contributed by atoms with Crippen LogP contribution in [-0.2, 0) is 6.42 Å². The van der Waals surface area contributed by atoms with E-state index in [4.69, 9.17) is 16.6 Å². The van der Waals surface area contributed by atoms with Crippen LogP contribution in [-0.4, -0.2) is 20.7 Å². The second-order valence-electron chi connectivity index (χ2n) is 8.87. The Kier molecular flexibility index (Phi) is 5.43. The van der Waals surface area contributed by atoms with Gasteiger partial charge in [-0.3, -0.25) is 0 Å². The maximum absolute atomic E-state index is 9.89. The van der Waals surface area contributed by atoms with E-state index in [1.807, 2.05) is 30.3 Å². The van der Waals surface area contributed by atoms with E-state index >= 15 is 0 Å². The largest absolute Gasteiger partial charge is 0.378 e. The van der Waals surface area contributed by atoms with Crippen molar-refractivity contribution in [3.8, 4) is 35.4 Å². The van der Waals surface area contributed by atoms with Gasteiger partial charge in [0.05, 0.1) is 39.9 Å². The molecule has 0 aliphatic heterocycles. The molecule has 6 heteroatoms. The fourth-order valence-electron chi connectivity index (χ4n) is 4.33. The van der Waals surface area contributed by atoms with E-state index in [1.165, 1.54) is 0 Å². The summed E-state index contributed by atoms with van der Waals surface area (Å²) in [6.07, 6.45) is 0.495. The monoisotopic (exact) mass is 474 g/mol. The van der Waals surface area contributed by atoms with Crippen LogP contribution >= 0.6 is 11.6 Å². The van der Waals surface area contributed by atoms with E-state index in [1.54, 1.807) is 32.0 Å². The number of aliphatic hydroxyl groups is 1. The molecule has 0 saturated carbocycles. The fourth-order valence-corrected chi connectivity index (χ4v) is 4.50. The number of nitrogens with zero attached hydrogens (tertiary/aromatic N) is 3. The number of aromatic amines is 1. The van der Waals surface area contributed by atoms with Crippen molar-refractivity contribution in [1.82, 2.24) is 9.97 Å². The number of hydrogen-bond donors (Lipinski definition) is 2. The van der Waals surface area contributed by atoms with Crippen molar-refractivity contribution >= 4 is 44.2 Å². The van der Waals surface area contributed by atoms with Gasteiger partial charge in [-0.15, -0.1) is 0 Å². The summed E-state index contributed by atoms with van der Waals surface area (Å²) in [5, 5.41) is 33.6. The molecule has 5 nitrogen and oxygen atoms in total. The van der Waals surface area contributed by atoms with Crippen molar-refractivity contribution in [2.75, 3.05) is 0 Å². The smallest absolute Gasteiger partial charge is 0.141 e. The summed E-state index contributed by atoms with van der Waals surface area (Å²) < 4.78 is 0. The van der Waals surface area contributed by atoms with E-state index in [0.717, 1.165) is 38.1 Å². The van der Waals surface area contributed by atoms with E-state index in [2.05, 4.69) is 35.0 Å². The van der Waals surface area contributed by atoms with E-state index in [9.17, 15) is 15.6 Å². The van der Waals surface area contributed by atoms with Crippen molar-refractivity contribution in [2.45, 2.75) is 25.9 Å². The van der Waals surface area contributed by atoms with Gasteiger partial charge in [-0.1, -0.05) is 47.7 Å². The summed E-state index contributed by atoms with van der Waals surface area (Å²) in [4.78, 5) is 8.24. The van der Waals surface area contributed by atoms with Crippen LogP contribution in [0.1, 0.15) is 30.5 Å². The van der Waals surface area contributed by atoms with Crippen LogP contribution < -0.4 is 0 Å². The van der Waals surface area contributed by atoms with Crippen LogP contribution in [0.2, 0.25) is 5.02 Å². The summed E-state index contributed by atoms with van der Waals surface area (Å²) in [7, 11) is 0. The molecule has 0 amide bonds. The predicted octanol–water partition coefficient (Wildman–Crippen LogP) is 6.25. The number of aromatic nitrogens is 2. The molecule has 0 unspecified atom stereocenters. The van der Waals surface area contributed by atoms with Gasteiger partial charge >= 0.3 is 0 Å². The van der Waals surface area contributed by atoms with E-state index in [0.29, 0.717) is 34.0 Å². The summed E-state index contributed by atoms with van der Waals surface area (Å²) in [5.74, 6) is 6.37. The van der Waals surface area contributed by atoms with Crippen LogP contribution in [0.15, 0.2) is 54.6 Å². The first-order valence-electron chi connectivity index (χ1n) is 11.0. The summed E-state index contributed by atoms with van der Waals surface area (Å²) in [6, 6.07) is 21.2. The van der Waals surface area contributed by atoms with Gasteiger partial charge in [0, 0.05) is 22.2 Å². The van der Waals surface area contributed by atoms with Crippen molar-refractivity contribution in [3.63, 3.8) is 0 Å². The zero-order valence-corrected chi connectivity index (χ0v) is 19.8. The number of halogens is 1. The first-order chi connectivity index (χ1) is 16.8. The lowest BCUT2D eigenvalue weighted by molar-refractivity contribution is 0.143. The standard InChI is InChI=1S/C29H19ClN4O/c1-29(2,35)12-4-5-17-8-10-21-23(13-17)24-14-20(30)9-11-22(24)27-26(21)33-28(34-27)25-18(15-31)6-3-7-19(25)16-32/h3,6-11,13-14,35H,5H2,1-2H3,(H,33,34). The van der Waals surface area contributed by atoms with Crippen LogP contribution in [0.3, 0.4) is 0 Å². The first kappa shape index (κ1) is 22.5. The zero-order chi connectivity index (χ0) is 24.7. The van der Waals surface area contributed by atoms with Crippen LogP contribution in [0.25, 0.3) is 44.0 Å². The third kappa shape index (κ3) is 4.07. The second kappa shape index (κ2) is 8.46. The molecule has 0 saturated heterocycles. The van der Waals surface area contributed by atoms with Crippen molar-refractivity contribution < 1.29 is 5.11 Å². The highest BCUT2D eigenvalue weighted by atomic mass is 35.5. The highest BCUT2D eigenvalue weighted by Crippen LogP contribution is 2.38. The number of nitrogens with one attached hydrogen (secondary N) is 1. The molecule has 168 valence electrons. The van der Waals surface area contributed by atoms with Gasteiger partial charge in [0.1, 0.15) is 11.4 Å². The Labute approximate surface area is 207 Å². The van der Waals surface area contributed by atoms with E-state index < -0.39 is 5.60 Å². The molecule has 0 fully saturated rings. The van der Waals surface area contributed by atoms with Gasteiger partial charge in [0.25, 0.3) is 0 Å². The highest BCUT2D eigenvalue weighted by molar-refractivity contribution is 6.33. The minimum Gasteiger partial charge on any atom is -0.378 e. The number of fused-ring (bicyclic) bond motifs is 6. The molecule has 0 aliphatic carbocycles. The minimum atomic E-state index is -1.04. The molecule has 4 aromatic carbocycles. The van der Waals surface area contributed by atoms with Gasteiger partial charge in [-0.25, -0.2) is 4.98 Å². The fraction of sp³-hybridized carbons (Fsp3) is 0.138. The molecular formula is C29H19ClN4O. The van der Waals surface area contributed by atoms with Gasteiger partial charge in [0.2, 0.25) is 0 Å². The molecule has 2 N–H and O–H groups in total. The average Bonchev–Trinajstić information content (AvgIpc) is 3.28. The van der Waals surface area contributed by atoms with Crippen molar-refractivity contribution in [2.24, 2.45) is 0 Å². The number of H-pyrrole nitrogens is 1. The Morgan fingerprint density at radius 1 is 0.943 bits per heavy atom. The van der Waals surface area contributed by atoms with Crippen LogP contribution in [0.4, 0.5) is 0 Å². The summed E-state index contributed by atoms with van der Waals surface area (Å²) in [6.45, 7) is 3.31. The third-order valence-electron chi connectivity index (χ3n) is 5.81. The molecule has 5 rings (SSSR count). The number of rotatable bonds is 2. The molecule has 0 bridgehead atoms. The molecule has 35 heavy (non-hydrogen) atoms. The topological polar surface area (TPSA) is 96.5 Å². The Bertz CT molecular complexity index is 1770. The molecule has 0 aliphatic rings. The second-order valence-corrected chi connectivity index (χ2v) is 9.30. The summed E-state index contributed by atoms with van der Waals surface area (Å²) in [5.41, 5.74) is 2.77. The number of hydrogen-bond acceptors (Lipinski definition) is 4. The maximum atomic E-state index is 9.89. The lowest BCUT2D eigenvalue weighted by Gasteiger charge is -2.09. The highest BCUT2D eigenvalue weighted by Gasteiger charge is 2.18. The number of imidazole rings is 1. The molecule has 0 radical (unpaired) electrons. The number of benzene rings is 4. The first-order valence-corrected chi connectivity index (χ1v) is 11.4. The van der Waals surface area contributed by atoms with Crippen LogP contribution in [0.5, 0.6) is 0 Å². The van der Waals surface area contributed by atoms with E-state index in [-0.39, 0.29) is 0 Å². The zero-order valence-electron chi connectivity index (χ0n) is 19.1. The molecule has 1 heterocycles. The Balaban J connectivity index is 1.81. The normalized spacial score (nSPS) is 11.3. The lowest BCUT2D eigenvalue weighted by Crippen LogP contribution is -2.14. The molecule has 5 aromatic rings. The molecule has 0 atom stereocenters. The molecule has 1 aromatic heterocycles. The Morgan fingerprint density at radius 2 is 1.63 bits per heavy atom. The molecular weight excluding hydrogens is 456 g/mol. The van der Waals surface area contributed by atoms with Gasteiger partial charge < -0.3 is 10.1 Å². The summed E-state index contributed by atoms with van der Waals surface area (Å²) >= 11 is 6.37. The van der Waals surface area contributed by atoms with Gasteiger partial charge in [-0.05, 0) is 60.5 Å². The molecule has 0 spiro atoms. The van der Waals surface area contributed by atoms with Crippen LogP contribution in [0, 0.1) is 34.5 Å². The predicted molar refractivity (Wildman–Crippen MR) is 139 cm³/mol. The van der Waals surface area contributed by atoms with Gasteiger partial charge in [-0.2, -0.15) is 10.5 Å².